The predicted molar refractivity (Wildman–Crippen MR) is 81.3 cm³/mol. The Kier molecular flexibility index (Phi) is 2.58. The molecule has 110 valence electrons. The van der Waals surface area contributed by atoms with Crippen LogP contribution in [0.25, 0.3) is 0 Å². The number of likely N-dealkylation sites (N-methyl/N-ethyl adjacent to an activating group) is 1. The lowest BCUT2D eigenvalue weighted by Gasteiger charge is -2.50. The summed E-state index contributed by atoms with van der Waals surface area (Å²) in [6.45, 7) is 0. The maximum atomic E-state index is 12.4. The third-order valence-corrected chi connectivity index (χ3v) is 6.04. The van der Waals surface area contributed by atoms with Gasteiger partial charge in [0.15, 0.2) is 0 Å². The number of rotatable bonds is 2. The number of carboxylic acids is 1. The van der Waals surface area contributed by atoms with Gasteiger partial charge in [-0.3, -0.25) is 14.7 Å². The quantitative estimate of drug-likeness (QED) is 0.908. The van der Waals surface area contributed by atoms with Gasteiger partial charge in [-0.2, -0.15) is 0 Å². The fourth-order valence-electron chi connectivity index (χ4n) is 4.96. The lowest BCUT2D eigenvalue weighted by molar-refractivity contribution is -0.147. The van der Waals surface area contributed by atoms with Crippen LogP contribution in [0.4, 0.5) is 5.69 Å². The molecule has 0 spiro atoms. The van der Waals surface area contributed by atoms with E-state index in [2.05, 4.69) is 16.9 Å². The summed E-state index contributed by atoms with van der Waals surface area (Å²) in [5.74, 6) is -0.759. The highest BCUT2D eigenvalue weighted by Crippen LogP contribution is 2.56. The minimum absolute atomic E-state index is 0.322. The molecular formula is C17H20N2O2. The van der Waals surface area contributed by atoms with Crippen LogP contribution in [-0.2, 0) is 10.2 Å². The number of benzene rings is 1. The number of aliphatic imine (C=N–C) groups is 1. The highest BCUT2D eigenvalue weighted by atomic mass is 16.4. The Hall–Kier alpha value is -1.68. The number of para-hydroxylation sites is 1. The predicted octanol–water partition coefficient (Wildman–Crippen LogP) is 2.74. The van der Waals surface area contributed by atoms with Gasteiger partial charge >= 0.3 is 5.97 Å². The number of hydrogen-bond donors (Lipinski definition) is 1. The molecule has 1 aromatic rings. The van der Waals surface area contributed by atoms with Crippen LogP contribution in [0.15, 0.2) is 29.3 Å². The summed E-state index contributed by atoms with van der Waals surface area (Å²) in [5, 5.41) is 10.2. The van der Waals surface area contributed by atoms with E-state index in [-0.39, 0.29) is 5.54 Å². The topological polar surface area (TPSA) is 52.9 Å². The Morgan fingerprint density at radius 2 is 2.14 bits per heavy atom. The molecule has 3 aliphatic heterocycles. The molecule has 4 rings (SSSR count). The van der Waals surface area contributed by atoms with Crippen molar-refractivity contribution in [1.82, 2.24) is 4.90 Å². The molecule has 21 heavy (non-hydrogen) atoms. The molecule has 1 aromatic carbocycles. The van der Waals surface area contributed by atoms with Crippen molar-refractivity contribution in [1.29, 1.82) is 0 Å². The van der Waals surface area contributed by atoms with Crippen molar-refractivity contribution in [2.45, 2.75) is 49.1 Å². The normalized spacial score (nSPS) is 37.7. The zero-order valence-corrected chi connectivity index (χ0v) is 12.2. The molecule has 3 aliphatic rings. The first kappa shape index (κ1) is 13.0. The molecule has 0 aromatic heterocycles. The average molecular weight is 284 g/mol. The summed E-state index contributed by atoms with van der Waals surface area (Å²) in [6, 6.07) is 8.24. The van der Waals surface area contributed by atoms with Crippen molar-refractivity contribution in [3.8, 4) is 0 Å². The summed E-state index contributed by atoms with van der Waals surface area (Å²) in [5.41, 5.74) is 0.370. The Labute approximate surface area is 124 Å². The van der Waals surface area contributed by atoms with Gasteiger partial charge in [-0.15, -0.1) is 0 Å². The van der Waals surface area contributed by atoms with Gasteiger partial charge in [0.25, 0.3) is 0 Å². The van der Waals surface area contributed by atoms with Crippen molar-refractivity contribution in [3.05, 3.63) is 29.8 Å². The molecule has 1 N–H and O–H groups in total. The van der Waals surface area contributed by atoms with E-state index in [9.17, 15) is 9.90 Å². The van der Waals surface area contributed by atoms with E-state index in [0.717, 1.165) is 36.9 Å². The minimum atomic E-state index is -0.993. The highest BCUT2D eigenvalue weighted by molar-refractivity contribution is 6.07. The monoisotopic (exact) mass is 284 g/mol. The standard InChI is InChI=1S/C17H20N2O2/c1-19-12-5-4-9-16(19,10-8-12)17(15(20)21)11-18-14-7-3-2-6-13(14)17/h2-3,6-7,11-12H,4-5,8-10H2,1H3,(H,20,21). The minimum Gasteiger partial charge on any atom is -0.480 e. The van der Waals surface area contributed by atoms with E-state index < -0.39 is 11.4 Å². The van der Waals surface area contributed by atoms with Crippen molar-refractivity contribution >= 4 is 17.9 Å². The van der Waals surface area contributed by atoms with Gasteiger partial charge in [0.2, 0.25) is 0 Å². The molecule has 3 heterocycles. The summed E-state index contributed by atoms with van der Waals surface area (Å²) in [7, 11) is 2.11. The van der Waals surface area contributed by atoms with Gasteiger partial charge in [0, 0.05) is 23.4 Å². The Morgan fingerprint density at radius 3 is 2.95 bits per heavy atom. The average Bonchev–Trinajstić information content (AvgIpc) is 2.93. The summed E-state index contributed by atoms with van der Waals surface area (Å²) >= 11 is 0. The van der Waals surface area contributed by atoms with Crippen LogP contribution in [0.5, 0.6) is 0 Å². The maximum Gasteiger partial charge on any atom is 0.321 e. The second kappa shape index (κ2) is 4.17. The van der Waals surface area contributed by atoms with Crippen LogP contribution in [0, 0.1) is 0 Å². The first-order chi connectivity index (χ1) is 10.1. The third-order valence-electron chi connectivity index (χ3n) is 6.04. The molecule has 0 aliphatic carbocycles. The van der Waals surface area contributed by atoms with E-state index in [1.807, 2.05) is 24.3 Å². The molecule has 2 bridgehead atoms. The first-order valence-corrected chi connectivity index (χ1v) is 7.73. The lowest BCUT2D eigenvalue weighted by atomic mass is 9.62. The fourth-order valence-corrected chi connectivity index (χ4v) is 4.96. The van der Waals surface area contributed by atoms with E-state index in [1.165, 1.54) is 6.42 Å². The Bertz CT molecular complexity index is 637. The van der Waals surface area contributed by atoms with E-state index in [0.29, 0.717) is 6.04 Å². The van der Waals surface area contributed by atoms with Gasteiger partial charge in [-0.1, -0.05) is 18.2 Å². The number of carbonyl (C=O) groups is 1. The third kappa shape index (κ3) is 1.39. The zero-order chi connectivity index (χ0) is 14.7. The van der Waals surface area contributed by atoms with Crippen molar-refractivity contribution < 1.29 is 9.90 Å². The molecule has 0 amide bonds. The van der Waals surface area contributed by atoms with Gasteiger partial charge in [0.1, 0.15) is 5.41 Å². The second-order valence-corrected chi connectivity index (χ2v) is 6.62. The van der Waals surface area contributed by atoms with Gasteiger partial charge < -0.3 is 5.11 Å². The number of carboxylic acid groups (broad SMARTS) is 1. The van der Waals surface area contributed by atoms with Gasteiger partial charge in [-0.05, 0) is 45.2 Å². The van der Waals surface area contributed by atoms with Crippen molar-refractivity contribution in [2.75, 3.05) is 7.05 Å². The first-order valence-electron chi connectivity index (χ1n) is 7.73. The molecule has 2 fully saturated rings. The Balaban J connectivity index is 1.95. The molecule has 0 radical (unpaired) electrons. The second-order valence-electron chi connectivity index (χ2n) is 6.62. The molecule has 4 heteroatoms. The fraction of sp³-hybridized carbons (Fsp3) is 0.529. The number of aliphatic carboxylic acids is 1. The largest absolute Gasteiger partial charge is 0.480 e. The highest BCUT2D eigenvalue weighted by Gasteiger charge is 2.65. The number of hydrogen-bond acceptors (Lipinski definition) is 3. The van der Waals surface area contributed by atoms with Gasteiger partial charge in [-0.25, -0.2) is 0 Å². The van der Waals surface area contributed by atoms with Crippen LogP contribution in [0.2, 0.25) is 0 Å². The number of fused-ring (bicyclic) bond motifs is 3. The van der Waals surface area contributed by atoms with E-state index >= 15 is 0 Å². The molecule has 2 saturated heterocycles. The SMILES string of the molecule is CN1C2CCCC1(C1(C(=O)O)C=Nc3ccccc31)CC2. The summed E-state index contributed by atoms with van der Waals surface area (Å²) in [4.78, 5) is 19.2. The summed E-state index contributed by atoms with van der Waals surface area (Å²) in [6.07, 6.45) is 6.99. The van der Waals surface area contributed by atoms with Crippen LogP contribution in [0.1, 0.15) is 37.7 Å². The number of piperidine rings is 1. The number of nitrogens with zero attached hydrogens (tertiary/aromatic N) is 2. The zero-order valence-electron chi connectivity index (χ0n) is 12.2. The maximum absolute atomic E-state index is 12.4. The molecule has 4 nitrogen and oxygen atoms in total. The summed E-state index contributed by atoms with van der Waals surface area (Å²) < 4.78 is 0. The smallest absolute Gasteiger partial charge is 0.321 e. The van der Waals surface area contributed by atoms with Crippen LogP contribution in [-0.4, -0.2) is 40.8 Å². The molecular weight excluding hydrogens is 264 g/mol. The van der Waals surface area contributed by atoms with E-state index in [4.69, 9.17) is 0 Å². The lowest BCUT2D eigenvalue weighted by Crippen LogP contribution is -2.64. The van der Waals surface area contributed by atoms with Crippen LogP contribution in [0.3, 0.4) is 0 Å². The van der Waals surface area contributed by atoms with Gasteiger partial charge in [0.05, 0.1) is 5.69 Å². The molecule has 0 saturated carbocycles. The molecule has 3 unspecified atom stereocenters. The Morgan fingerprint density at radius 1 is 1.33 bits per heavy atom. The van der Waals surface area contributed by atoms with Crippen LogP contribution >= 0.6 is 0 Å². The molecule has 3 atom stereocenters. The van der Waals surface area contributed by atoms with Crippen LogP contribution < -0.4 is 0 Å². The van der Waals surface area contributed by atoms with E-state index in [1.54, 1.807) is 6.21 Å². The van der Waals surface area contributed by atoms with Crippen molar-refractivity contribution in [3.63, 3.8) is 0 Å². The van der Waals surface area contributed by atoms with Crippen molar-refractivity contribution in [2.24, 2.45) is 4.99 Å².